The summed E-state index contributed by atoms with van der Waals surface area (Å²) in [6, 6.07) is 9.62. The molecule has 0 radical (unpaired) electrons. The van der Waals surface area contributed by atoms with Gasteiger partial charge in [-0.2, -0.15) is 5.10 Å². The molecule has 0 fully saturated rings. The van der Waals surface area contributed by atoms with Crippen molar-refractivity contribution in [2.45, 2.75) is 25.9 Å². The van der Waals surface area contributed by atoms with Crippen LogP contribution in [0.2, 0.25) is 5.02 Å². The van der Waals surface area contributed by atoms with Gasteiger partial charge in [-0.05, 0) is 31.5 Å². The van der Waals surface area contributed by atoms with Gasteiger partial charge in [0.05, 0.1) is 11.7 Å². The first-order valence-electron chi connectivity index (χ1n) is 5.61. The summed E-state index contributed by atoms with van der Waals surface area (Å²) in [5.74, 6) is 0. The van der Waals surface area contributed by atoms with Crippen LogP contribution in [0.5, 0.6) is 0 Å². The fourth-order valence-corrected chi connectivity index (χ4v) is 2.22. The zero-order valence-electron chi connectivity index (χ0n) is 9.97. The second-order valence-corrected chi connectivity index (χ2v) is 4.67. The van der Waals surface area contributed by atoms with Crippen LogP contribution in [0.25, 0.3) is 0 Å². The molecule has 4 heteroatoms. The maximum absolute atomic E-state index is 6.22. The molecule has 3 nitrogen and oxygen atoms in total. The largest absolute Gasteiger partial charge is 0.326 e. The van der Waals surface area contributed by atoms with E-state index < -0.39 is 0 Å². The van der Waals surface area contributed by atoms with Crippen LogP contribution in [-0.4, -0.2) is 15.8 Å². The number of hydrogen-bond donors (Lipinski definition) is 1. The average Bonchev–Trinajstić information content (AvgIpc) is 2.68. The van der Waals surface area contributed by atoms with Gasteiger partial charge in [-0.1, -0.05) is 29.8 Å². The molecule has 0 saturated heterocycles. The minimum absolute atomic E-state index is 0.0302. The van der Waals surface area contributed by atoms with Crippen molar-refractivity contribution in [1.29, 1.82) is 0 Å². The monoisotopic (exact) mass is 249 g/mol. The van der Waals surface area contributed by atoms with Crippen molar-refractivity contribution in [3.05, 3.63) is 52.8 Å². The van der Waals surface area contributed by atoms with Crippen LogP contribution in [0.3, 0.4) is 0 Å². The summed E-state index contributed by atoms with van der Waals surface area (Å²) < 4.78 is 1.88. The Morgan fingerprint density at radius 1 is 1.29 bits per heavy atom. The second kappa shape index (κ2) is 4.90. The van der Waals surface area contributed by atoms with E-state index >= 15 is 0 Å². The molecule has 1 aromatic carbocycles. The maximum Gasteiger partial charge on any atom is 0.0930 e. The molecule has 2 unspecified atom stereocenters. The normalized spacial score (nSPS) is 14.6. The van der Waals surface area contributed by atoms with E-state index in [4.69, 9.17) is 17.3 Å². The molecule has 2 atom stereocenters. The number of nitrogens with zero attached hydrogens (tertiary/aromatic N) is 2. The molecule has 1 heterocycles. The van der Waals surface area contributed by atoms with Gasteiger partial charge in [0.2, 0.25) is 0 Å². The van der Waals surface area contributed by atoms with Gasteiger partial charge in [0.25, 0.3) is 0 Å². The molecule has 0 aliphatic carbocycles. The zero-order chi connectivity index (χ0) is 12.4. The minimum atomic E-state index is -0.0609. The van der Waals surface area contributed by atoms with Crippen molar-refractivity contribution < 1.29 is 0 Å². The molecule has 0 amide bonds. The number of benzene rings is 1. The van der Waals surface area contributed by atoms with Gasteiger partial charge in [-0.15, -0.1) is 0 Å². The van der Waals surface area contributed by atoms with E-state index in [1.165, 1.54) is 0 Å². The highest BCUT2D eigenvalue weighted by Crippen LogP contribution is 2.27. The Bertz CT molecular complexity index is 505. The molecule has 0 bridgehead atoms. The van der Waals surface area contributed by atoms with E-state index in [2.05, 4.69) is 5.10 Å². The van der Waals surface area contributed by atoms with E-state index in [1.807, 2.05) is 55.1 Å². The van der Waals surface area contributed by atoms with Gasteiger partial charge in [0, 0.05) is 17.3 Å². The molecule has 90 valence electrons. The van der Waals surface area contributed by atoms with Crippen LogP contribution < -0.4 is 5.73 Å². The zero-order valence-corrected chi connectivity index (χ0v) is 10.7. The van der Waals surface area contributed by atoms with Crippen molar-refractivity contribution in [3.63, 3.8) is 0 Å². The fraction of sp³-hybridized carbons (Fsp3) is 0.308. The summed E-state index contributed by atoms with van der Waals surface area (Å²) in [6.45, 7) is 3.92. The molecule has 1 aromatic heterocycles. The number of aromatic nitrogens is 2. The first-order valence-corrected chi connectivity index (χ1v) is 5.99. The van der Waals surface area contributed by atoms with Gasteiger partial charge in [0.1, 0.15) is 0 Å². The Kier molecular flexibility index (Phi) is 3.50. The van der Waals surface area contributed by atoms with E-state index in [1.54, 1.807) is 0 Å². The molecule has 0 aliphatic rings. The lowest BCUT2D eigenvalue weighted by Gasteiger charge is -2.22. The first kappa shape index (κ1) is 12.1. The van der Waals surface area contributed by atoms with Crippen molar-refractivity contribution in [3.8, 4) is 0 Å². The van der Waals surface area contributed by atoms with Crippen molar-refractivity contribution >= 4 is 11.6 Å². The van der Waals surface area contributed by atoms with Gasteiger partial charge in [-0.25, -0.2) is 0 Å². The minimum Gasteiger partial charge on any atom is -0.326 e. The molecule has 0 saturated carbocycles. The number of aryl methyl sites for hydroxylation is 1. The van der Waals surface area contributed by atoms with E-state index in [0.29, 0.717) is 0 Å². The third-order valence-corrected chi connectivity index (χ3v) is 3.09. The van der Waals surface area contributed by atoms with E-state index in [0.717, 1.165) is 16.3 Å². The van der Waals surface area contributed by atoms with Gasteiger partial charge >= 0.3 is 0 Å². The van der Waals surface area contributed by atoms with Crippen LogP contribution in [0.1, 0.15) is 24.2 Å². The number of hydrogen-bond acceptors (Lipinski definition) is 2. The quantitative estimate of drug-likeness (QED) is 0.909. The van der Waals surface area contributed by atoms with Crippen LogP contribution in [0.4, 0.5) is 0 Å². The van der Waals surface area contributed by atoms with Gasteiger partial charge in [0.15, 0.2) is 0 Å². The topological polar surface area (TPSA) is 43.8 Å². The predicted molar refractivity (Wildman–Crippen MR) is 70.2 cm³/mol. The van der Waals surface area contributed by atoms with Crippen LogP contribution in [-0.2, 0) is 0 Å². The summed E-state index contributed by atoms with van der Waals surface area (Å²) in [7, 11) is 0. The Hall–Kier alpha value is -1.32. The van der Waals surface area contributed by atoms with Crippen molar-refractivity contribution in [2.75, 3.05) is 0 Å². The number of halogens is 1. The molecule has 2 aromatic rings. The standard InChI is InChI=1S/C13H16ClN3/c1-9-7-8-17(16-9)13(10(2)15)11-5-3-4-6-12(11)14/h3-8,10,13H,15H2,1-2H3. The highest BCUT2D eigenvalue weighted by atomic mass is 35.5. The lowest BCUT2D eigenvalue weighted by atomic mass is 10.0. The van der Waals surface area contributed by atoms with Gasteiger partial charge in [-0.3, -0.25) is 4.68 Å². The summed E-state index contributed by atoms with van der Waals surface area (Å²) in [5, 5.41) is 5.15. The molecule has 17 heavy (non-hydrogen) atoms. The fourth-order valence-electron chi connectivity index (χ4n) is 1.97. The average molecular weight is 250 g/mol. The molecule has 2 N–H and O–H groups in total. The molecule has 0 spiro atoms. The van der Waals surface area contributed by atoms with E-state index in [-0.39, 0.29) is 12.1 Å². The summed E-state index contributed by atoms with van der Waals surface area (Å²) in [6.07, 6.45) is 1.94. The third kappa shape index (κ3) is 2.51. The molecule has 0 aliphatic heterocycles. The third-order valence-electron chi connectivity index (χ3n) is 2.75. The molecular formula is C13H16ClN3. The SMILES string of the molecule is Cc1ccn(C(c2ccccc2Cl)C(C)N)n1. The van der Waals surface area contributed by atoms with Crippen LogP contribution >= 0.6 is 11.6 Å². The summed E-state index contributed by atoms with van der Waals surface area (Å²) >= 11 is 6.22. The lowest BCUT2D eigenvalue weighted by Crippen LogP contribution is -2.30. The summed E-state index contributed by atoms with van der Waals surface area (Å²) in [4.78, 5) is 0. The van der Waals surface area contributed by atoms with E-state index in [9.17, 15) is 0 Å². The van der Waals surface area contributed by atoms with Crippen LogP contribution in [0.15, 0.2) is 36.5 Å². The first-order chi connectivity index (χ1) is 8.09. The van der Waals surface area contributed by atoms with Crippen LogP contribution in [0, 0.1) is 6.92 Å². The van der Waals surface area contributed by atoms with Crippen molar-refractivity contribution in [1.82, 2.24) is 9.78 Å². The number of rotatable bonds is 3. The maximum atomic E-state index is 6.22. The highest BCUT2D eigenvalue weighted by molar-refractivity contribution is 6.31. The second-order valence-electron chi connectivity index (χ2n) is 4.26. The Morgan fingerprint density at radius 3 is 2.53 bits per heavy atom. The molecular weight excluding hydrogens is 234 g/mol. The predicted octanol–water partition coefficient (Wildman–Crippen LogP) is 2.78. The Labute approximate surface area is 106 Å². The smallest absolute Gasteiger partial charge is 0.0930 e. The Morgan fingerprint density at radius 2 is 2.00 bits per heavy atom. The number of nitrogens with two attached hydrogens (primary N) is 1. The van der Waals surface area contributed by atoms with Gasteiger partial charge < -0.3 is 5.73 Å². The van der Waals surface area contributed by atoms with Crippen molar-refractivity contribution in [2.24, 2.45) is 5.73 Å². The Balaban J connectivity index is 2.47. The highest BCUT2D eigenvalue weighted by Gasteiger charge is 2.21. The lowest BCUT2D eigenvalue weighted by molar-refractivity contribution is 0.452. The summed E-state index contributed by atoms with van der Waals surface area (Å²) in [5.41, 5.74) is 8.04. The molecule has 2 rings (SSSR count).